The van der Waals surface area contributed by atoms with E-state index in [4.69, 9.17) is 4.42 Å². The van der Waals surface area contributed by atoms with E-state index < -0.39 is 8.07 Å². The van der Waals surface area contributed by atoms with Gasteiger partial charge in [0.05, 0.1) is 13.7 Å². The fourth-order valence-corrected chi connectivity index (χ4v) is 7.29. The van der Waals surface area contributed by atoms with E-state index in [-0.39, 0.29) is 25.5 Å². The van der Waals surface area contributed by atoms with Crippen LogP contribution in [0.4, 0.5) is 0 Å². The van der Waals surface area contributed by atoms with Crippen LogP contribution in [0.25, 0.3) is 55.6 Å². The molecule has 0 saturated carbocycles. The Bertz CT molecular complexity index is 2200. The molecule has 0 aliphatic heterocycles. The zero-order valence-corrected chi connectivity index (χ0v) is 33.3. The van der Waals surface area contributed by atoms with Crippen LogP contribution in [-0.4, -0.2) is 18.0 Å². The maximum atomic E-state index is 6.24. The summed E-state index contributed by atoms with van der Waals surface area (Å²) in [5, 5.41) is 3.61. The van der Waals surface area contributed by atoms with Crippen LogP contribution < -0.4 is 5.19 Å². The van der Waals surface area contributed by atoms with E-state index in [1.807, 2.05) is 42.7 Å². The molecule has 0 unspecified atom stereocenters. The molecular weight excluding hydrogens is 793 g/mol. The first-order valence-corrected chi connectivity index (χ1v) is 20.1. The van der Waals surface area contributed by atoms with Crippen molar-refractivity contribution in [3.63, 3.8) is 0 Å². The van der Waals surface area contributed by atoms with Gasteiger partial charge in [0.1, 0.15) is 5.58 Å². The summed E-state index contributed by atoms with van der Waals surface area (Å²) < 4.78 is 6.24. The molecule has 0 saturated heterocycles. The van der Waals surface area contributed by atoms with Crippen LogP contribution in [0.15, 0.2) is 108 Å². The monoisotopic (exact) mass is 837 g/mol. The summed E-state index contributed by atoms with van der Waals surface area (Å²) in [7, 11) is -1.23. The van der Waals surface area contributed by atoms with Gasteiger partial charge in [-0.25, -0.2) is 0 Å². The minimum atomic E-state index is -1.23. The molecule has 251 valence electrons. The number of nitrogens with zero attached hydrogens (tertiary/aromatic N) is 2. The molecule has 4 aromatic carbocycles. The zero-order valence-electron chi connectivity index (χ0n) is 30.0. The maximum absolute atomic E-state index is 6.24. The predicted octanol–water partition coefficient (Wildman–Crippen LogP) is 11.4. The van der Waals surface area contributed by atoms with Crippen molar-refractivity contribution in [2.24, 2.45) is 0 Å². The average Bonchev–Trinajstić information content (AvgIpc) is 3.41. The third-order valence-electron chi connectivity index (χ3n) is 8.89. The van der Waals surface area contributed by atoms with Crippen molar-refractivity contribution in [3.05, 3.63) is 138 Å². The Kier molecular flexibility index (Phi) is 10.6. The van der Waals surface area contributed by atoms with Gasteiger partial charge in [-0.15, -0.1) is 59.7 Å². The minimum Gasteiger partial charge on any atom is -0.500 e. The summed E-state index contributed by atoms with van der Waals surface area (Å²) in [5.41, 5.74) is 13.4. The van der Waals surface area contributed by atoms with Gasteiger partial charge in [0, 0.05) is 37.9 Å². The summed E-state index contributed by atoms with van der Waals surface area (Å²) in [6.07, 6.45) is 3.91. The van der Waals surface area contributed by atoms with Gasteiger partial charge < -0.3 is 14.4 Å². The molecule has 0 bridgehead atoms. The van der Waals surface area contributed by atoms with E-state index in [0.717, 1.165) is 44.5 Å². The molecule has 0 amide bonds. The molecule has 0 N–H and O–H groups in total. The van der Waals surface area contributed by atoms with Gasteiger partial charge in [0.15, 0.2) is 0 Å². The summed E-state index contributed by atoms with van der Waals surface area (Å²) >= 11 is 0. The van der Waals surface area contributed by atoms with Crippen LogP contribution >= 0.6 is 0 Å². The van der Waals surface area contributed by atoms with Crippen molar-refractivity contribution in [1.82, 2.24) is 9.97 Å². The van der Waals surface area contributed by atoms with Crippen LogP contribution in [0, 0.1) is 32.9 Å². The number of hydrogen-bond acceptors (Lipinski definition) is 3. The Morgan fingerprint density at radius 2 is 1.45 bits per heavy atom. The zero-order chi connectivity index (χ0) is 34.2. The molecule has 0 aliphatic carbocycles. The van der Waals surface area contributed by atoms with Crippen molar-refractivity contribution in [2.75, 3.05) is 0 Å². The number of aromatic nitrogens is 2. The van der Waals surface area contributed by atoms with Crippen LogP contribution in [0.2, 0.25) is 19.6 Å². The van der Waals surface area contributed by atoms with Crippen LogP contribution in [0.5, 0.6) is 0 Å². The SMILES string of the molecule is C[Si](C)(C)c1ccc(-c2[c-]cccc2)nc1.Cc1cc(C)c(-c2ccc3c(c2)oc2c[c-]c(-c4cc(C(C)(C)C)ccn4)cc23)c(C)c1.[Ir]. The van der Waals surface area contributed by atoms with Gasteiger partial charge in [-0.1, -0.05) is 93.8 Å². The predicted molar refractivity (Wildman–Crippen MR) is 206 cm³/mol. The first kappa shape index (κ1) is 36.1. The molecular formula is C44H44IrN2OSi-2. The molecule has 7 aromatic rings. The van der Waals surface area contributed by atoms with Crippen molar-refractivity contribution < 1.29 is 24.5 Å². The number of pyridine rings is 2. The molecule has 0 atom stereocenters. The smallest absolute Gasteiger partial charge is 0.121 e. The summed E-state index contributed by atoms with van der Waals surface area (Å²) in [6, 6.07) is 38.2. The van der Waals surface area contributed by atoms with E-state index in [9.17, 15) is 0 Å². The summed E-state index contributed by atoms with van der Waals surface area (Å²) in [6.45, 7) is 20.2. The van der Waals surface area contributed by atoms with Gasteiger partial charge in [0.25, 0.3) is 0 Å². The van der Waals surface area contributed by atoms with Crippen LogP contribution in [0.3, 0.4) is 0 Å². The van der Waals surface area contributed by atoms with Gasteiger partial charge in [-0.05, 0) is 82.7 Å². The first-order chi connectivity index (χ1) is 22.8. The molecule has 7 rings (SSSR count). The van der Waals surface area contributed by atoms with Crippen molar-refractivity contribution >= 4 is 35.2 Å². The number of furan rings is 1. The second-order valence-electron chi connectivity index (χ2n) is 14.8. The van der Waals surface area contributed by atoms with E-state index in [0.29, 0.717) is 0 Å². The second kappa shape index (κ2) is 14.4. The number of aryl methyl sites for hydroxylation is 3. The van der Waals surface area contributed by atoms with Gasteiger partial charge in [-0.3, -0.25) is 0 Å². The first-order valence-electron chi connectivity index (χ1n) is 16.6. The molecule has 3 nitrogen and oxygen atoms in total. The molecule has 3 aromatic heterocycles. The molecule has 5 heteroatoms. The standard InChI is InChI=1S/C30H28NO.C14H16NSi.Ir/c1-18-13-19(2)29(20(3)14-18)22-7-9-24-25-15-21(8-10-27(25)32-28(24)16-22)26-17-23(11-12-31-26)30(4,5)6;1-16(2,3)13-9-10-14(15-11-13)12-7-5-4-6-8-12;/h7,9-17H,1-6H3;4-7,9-11H,1-3H3;/q2*-1;. The van der Waals surface area contributed by atoms with Crippen molar-refractivity contribution in [2.45, 2.75) is 66.6 Å². The Balaban J connectivity index is 0.000000233. The second-order valence-corrected chi connectivity index (χ2v) is 19.9. The Morgan fingerprint density at radius 1 is 0.694 bits per heavy atom. The van der Waals surface area contributed by atoms with E-state index in [2.05, 4.69) is 144 Å². The average molecular weight is 837 g/mol. The molecule has 0 aliphatic rings. The third-order valence-corrected chi connectivity index (χ3v) is 10.9. The van der Waals surface area contributed by atoms with E-state index >= 15 is 0 Å². The molecule has 0 fully saturated rings. The van der Waals surface area contributed by atoms with Crippen LogP contribution in [0.1, 0.15) is 43.0 Å². The van der Waals surface area contributed by atoms with Gasteiger partial charge >= 0.3 is 0 Å². The largest absolute Gasteiger partial charge is 0.500 e. The number of fused-ring (bicyclic) bond motifs is 3. The number of rotatable bonds is 4. The Morgan fingerprint density at radius 3 is 2.08 bits per heavy atom. The van der Waals surface area contributed by atoms with Crippen molar-refractivity contribution in [1.29, 1.82) is 0 Å². The molecule has 49 heavy (non-hydrogen) atoms. The van der Waals surface area contributed by atoms with Gasteiger partial charge in [-0.2, -0.15) is 0 Å². The van der Waals surface area contributed by atoms with E-state index in [1.54, 1.807) is 0 Å². The summed E-state index contributed by atoms with van der Waals surface area (Å²) in [4.78, 5) is 9.13. The van der Waals surface area contributed by atoms with Crippen LogP contribution in [-0.2, 0) is 25.5 Å². The summed E-state index contributed by atoms with van der Waals surface area (Å²) in [5.74, 6) is 0. The normalized spacial score (nSPS) is 11.6. The quantitative estimate of drug-likeness (QED) is 0.131. The molecule has 3 heterocycles. The topological polar surface area (TPSA) is 38.9 Å². The fourth-order valence-electron chi connectivity index (χ4n) is 6.25. The van der Waals surface area contributed by atoms with Crippen molar-refractivity contribution in [3.8, 4) is 33.6 Å². The van der Waals surface area contributed by atoms with Gasteiger partial charge in [0.2, 0.25) is 0 Å². The minimum absolute atomic E-state index is 0. The molecule has 1 radical (unpaired) electrons. The molecule has 0 spiro atoms. The number of hydrogen-bond donors (Lipinski definition) is 0. The number of benzene rings is 4. The Hall–Kier alpha value is -4.15. The third kappa shape index (κ3) is 8.02. The van der Waals surface area contributed by atoms with E-state index in [1.165, 1.54) is 38.6 Å². The Labute approximate surface area is 306 Å². The maximum Gasteiger partial charge on any atom is 0.121 e. The fraction of sp³-hybridized carbons (Fsp3) is 0.227.